The van der Waals surface area contributed by atoms with E-state index in [0.29, 0.717) is 37.3 Å². The third-order valence-corrected chi connectivity index (χ3v) is 9.27. The van der Waals surface area contributed by atoms with E-state index in [4.69, 9.17) is 0 Å². The van der Waals surface area contributed by atoms with Crippen LogP contribution in [-0.2, 0) is 49.2 Å². The highest BCUT2D eigenvalue weighted by Gasteiger charge is 2.38. The minimum Gasteiger partial charge on any atom is -0.224 e. The van der Waals surface area contributed by atoms with Crippen molar-refractivity contribution in [1.29, 1.82) is 0 Å². The lowest BCUT2D eigenvalue weighted by Crippen LogP contribution is -2.21. The van der Waals surface area contributed by atoms with Crippen molar-refractivity contribution in [2.24, 2.45) is 0 Å². The van der Waals surface area contributed by atoms with Gasteiger partial charge in [-0.05, 0) is 6.07 Å². The molecule has 26 heavy (non-hydrogen) atoms. The predicted molar refractivity (Wildman–Crippen MR) is 92.0 cm³/mol. The maximum Gasteiger partial charge on any atom is 0.178 e. The zero-order valence-electron chi connectivity index (χ0n) is 14.2. The molecule has 1 aromatic rings. The maximum absolute atomic E-state index is 12.2. The molecule has 0 radical (unpaired) electrons. The number of hydrogen-bond donors (Lipinski definition) is 0. The van der Waals surface area contributed by atoms with Gasteiger partial charge in [-0.3, -0.25) is 0 Å². The lowest BCUT2D eigenvalue weighted by molar-refractivity contribution is 0.563. The van der Waals surface area contributed by atoms with Crippen LogP contribution in [0.1, 0.15) is 0 Å². The van der Waals surface area contributed by atoms with Crippen LogP contribution >= 0.6 is 0 Å². The fourth-order valence-corrected chi connectivity index (χ4v) is 10.2. The summed E-state index contributed by atoms with van der Waals surface area (Å²) in [4.78, 5) is -6.18. The molecule has 1 rings (SSSR count). The van der Waals surface area contributed by atoms with Gasteiger partial charge in [-0.2, -0.15) is 0 Å². The normalized spacial score (nSPS) is 14.3. The van der Waals surface area contributed by atoms with Gasteiger partial charge in [-0.1, -0.05) is 0 Å². The van der Waals surface area contributed by atoms with E-state index in [1.807, 2.05) is 0 Å². The van der Waals surface area contributed by atoms with Gasteiger partial charge >= 0.3 is 0 Å². The van der Waals surface area contributed by atoms with Gasteiger partial charge in [0.15, 0.2) is 49.2 Å². The van der Waals surface area contributed by atoms with Crippen molar-refractivity contribution in [2.75, 3.05) is 31.3 Å². The van der Waals surface area contributed by atoms with Gasteiger partial charge in [0.05, 0.1) is 9.79 Å². The van der Waals surface area contributed by atoms with E-state index in [-0.39, 0.29) is 0 Å². The van der Waals surface area contributed by atoms with Crippen molar-refractivity contribution >= 4 is 49.2 Å². The van der Waals surface area contributed by atoms with E-state index in [9.17, 15) is 42.1 Å². The molecule has 0 saturated carbocycles. The van der Waals surface area contributed by atoms with Gasteiger partial charge in [0.1, 0.15) is 14.7 Å². The Morgan fingerprint density at radius 2 is 0.654 bits per heavy atom. The van der Waals surface area contributed by atoms with Crippen LogP contribution in [0.4, 0.5) is 0 Å². The second-order valence-electron chi connectivity index (χ2n) is 5.72. The van der Waals surface area contributed by atoms with E-state index >= 15 is 0 Å². The van der Waals surface area contributed by atoms with Gasteiger partial charge in [-0.15, -0.1) is 0 Å². The zero-order valence-corrected chi connectivity index (χ0v) is 18.3. The molecule has 0 aliphatic heterocycles. The Bertz CT molecular complexity index is 1220. The van der Waals surface area contributed by atoms with Crippen molar-refractivity contribution < 1.29 is 42.1 Å². The quantitative estimate of drug-likeness (QED) is 0.506. The molecule has 0 bridgehead atoms. The van der Waals surface area contributed by atoms with Crippen molar-refractivity contribution in [3.8, 4) is 0 Å². The highest BCUT2D eigenvalue weighted by Crippen LogP contribution is 2.38. The SMILES string of the molecule is CS(=O)(=O)c1cc(S(C)(=O)=O)c(S(C)(=O)=O)c(S(C)(=O)=O)c1S(C)(=O)=O. The lowest BCUT2D eigenvalue weighted by atomic mass is 10.3. The molecule has 0 aromatic heterocycles. The number of rotatable bonds is 5. The maximum atomic E-state index is 12.2. The van der Waals surface area contributed by atoms with Gasteiger partial charge in [0.2, 0.25) is 0 Å². The topological polar surface area (TPSA) is 171 Å². The molecule has 0 fully saturated rings. The molecule has 0 unspecified atom stereocenters. The number of benzene rings is 1. The average Bonchev–Trinajstić information content (AvgIpc) is 2.30. The summed E-state index contributed by atoms with van der Waals surface area (Å²) < 4.78 is 121. The molecule has 0 aliphatic carbocycles. The first-order valence-corrected chi connectivity index (χ1v) is 15.8. The Balaban J connectivity index is 4.84. The van der Waals surface area contributed by atoms with Crippen LogP contribution in [0.5, 0.6) is 0 Å². The molecule has 10 nitrogen and oxygen atoms in total. The fraction of sp³-hybridized carbons (Fsp3) is 0.455. The number of sulfone groups is 5. The molecular formula is C11H16O10S5. The van der Waals surface area contributed by atoms with Crippen LogP contribution < -0.4 is 0 Å². The van der Waals surface area contributed by atoms with Crippen LogP contribution in [0.15, 0.2) is 30.5 Å². The monoisotopic (exact) mass is 468 g/mol. The van der Waals surface area contributed by atoms with E-state index < -0.39 is 73.7 Å². The van der Waals surface area contributed by atoms with Crippen molar-refractivity contribution in [2.45, 2.75) is 24.5 Å². The molecule has 0 spiro atoms. The van der Waals surface area contributed by atoms with Crippen LogP contribution in [0.3, 0.4) is 0 Å². The zero-order chi connectivity index (χ0) is 21.1. The molecule has 0 N–H and O–H groups in total. The molecule has 0 amide bonds. The first-order valence-electron chi connectivity index (χ1n) is 6.31. The minimum atomic E-state index is -4.68. The first-order chi connectivity index (χ1) is 11.1. The minimum absolute atomic E-state index is 0.353. The van der Waals surface area contributed by atoms with E-state index in [0.717, 1.165) is 0 Å². The van der Waals surface area contributed by atoms with Crippen LogP contribution in [0, 0.1) is 0 Å². The molecule has 1 aromatic carbocycles. The van der Waals surface area contributed by atoms with Crippen molar-refractivity contribution in [3.05, 3.63) is 6.07 Å². The van der Waals surface area contributed by atoms with Gasteiger partial charge < -0.3 is 0 Å². The third-order valence-electron chi connectivity index (χ3n) is 3.03. The number of hydrogen-bond acceptors (Lipinski definition) is 10. The second-order valence-corrected chi connectivity index (χ2v) is 15.5. The third kappa shape index (κ3) is 4.62. The first kappa shape index (κ1) is 23.0. The molecule has 150 valence electrons. The second kappa shape index (κ2) is 6.25. The molecule has 0 atom stereocenters. The van der Waals surface area contributed by atoms with Crippen molar-refractivity contribution in [1.82, 2.24) is 0 Å². The van der Waals surface area contributed by atoms with E-state index in [1.54, 1.807) is 0 Å². The fourth-order valence-electron chi connectivity index (χ4n) is 2.17. The molecule has 0 heterocycles. The molecule has 0 aliphatic rings. The largest absolute Gasteiger partial charge is 0.224 e. The summed E-state index contributed by atoms with van der Waals surface area (Å²) in [7, 11) is -22.8. The average molecular weight is 469 g/mol. The summed E-state index contributed by atoms with van der Waals surface area (Å²) in [5.41, 5.74) is 0. The standard InChI is InChI=1S/C11H16O10S5/c1-22(12,13)7-6-8(23(2,14)15)10(25(4,18)19)11(26(5,20)21)9(7)24(3,16)17/h6H,1-5H3. The molecule has 0 saturated heterocycles. The van der Waals surface area contributed by atoms with Crippen LogP contribution in [-0.4, -0.2) is 73.4 Å². The summed E-state index contributed by atoms with van der Waals surface area (Å²) >= 11 is 0. The summed E-state index contributed by atoms with van der Waals surface area (Å²) in [6.45, 7) is 0. The summed E-state index contributed by atoms with van der Waals surface area (Å²) in [6.07, 6.45) is 2.49. The Labute approximate surface area is 152 Å². The lowest BCUT2D eigenvalue weighted by Gasteiger charge is -2.18. The van der Waals surface area contributed by atoms with Gasteiger partial charge in [0.25, 0.3) is 0 Å². The van der Waals surface area contributed by atoms with Gasteiger partial charge in [0, 0.05) is 31.3 Å². The summed E-state index contributed by atoms with van der Waals surface area (Å²) in [5.74, 6) is 0. The smallest absolute Gasteiger partial charge is 0.178 e. The van der Waals surface area contributed by atoms with E-state index in [2.05, 4.69) is 0 Å². The summed E-state index contributed by atoms with van der Waals surface area (Å²) in [5, 5.41) is 0. The Kier molecular flexibility index (Phi) is 5.53. The predicted octanol–water partition coefficient (Wildman–Crippen LogP) is -1.30. The highest BCUT2D eigenvalue weighted by molar-refractivity contribution is 7.97. The van der Waals surface area contributed by atoms with Crippen molar-refractivity contribution in [3.63, 3.8) is 0 Å². The highest BCUT2D eigenvalue weighted by atomic mass is 32.2. The van der Waals surface area contributed by atoms with Crippen LogP contribution in [0.25, 0.3) is 0 Å². The van der Waals surface area contributed by atoms with Gasteiger partial charge in [-0.25, -0.2) is 42.1 Å². The molecular weight excluding hydrogens is 452 g/mol. The Morgan fingerprint density at radius 3 is 0.808 bits per heavy atom. The van der Waals surface area contributed by atoms with Crippen LogP contribution in [0.2, 0.25) is 0 Å². The van der Waals surface area contributed by atoms with E-state index in [1.165, 1.54) is 0 Å². The Morgan fingerprint density at radius 1 is 0.423 bits per heavy atom. The summed E-state index contributed by atoms with van der Waals surface area (Å²) in [6, 6.07) is 0.353. The molecule has 15 heteroatoms. The Hall–Kier alpha value is -1.03.